The molecule has 0 unspecified atom stereocenters. The number of hydrogen-bond acceptors (Lipinski definition) is 5. The van der Waals surface area contributed by atoms with E-state index in [0.29, 0.717) is 22.6 Å². The van der Waals surface area contributed by atoms with Gasteiger partial charge in [0, 0.05) is 10.0 Å². The summed E-state index contributed by atoms with van der Waals surface area (Å²) in [5.41, 5.74) is 2.09. The molecule has 7 nitrogen and oxygen atoms in total. The largest absolute Gasteiger partial charge is 0.489 e. The zero-order chi connectivity index (χ0) is 23.4. The summed E-state index contributed by atoms with van der Waals surface area (Å²) in [5, 5.41) is 11.4. The van der Waals surface area contributed by atoms with Gasteiger partial charge in [-0.25, -0.2) is 9.69 Å². The summed E-state index contributed by atoms with van der Waals surface area (Å²) in [6.45, 7) is 0.231. The molecule has 1 aliphatic rings. The molecule has 3 aromatic carbocycles. The fourth-order valence-electron chi connectivity index (χ4n) is 3.23. The maximum atomic E-state index is 12.9. The van der Waals surface area contributed by atoms with Gasteiger partial charge in [0.15, 0.2) is 0 Å². The van der Waals surface area contributed by atoms with Crippen LogP contribution >= 0.6 is 15.9 Å². The fraction of sp³-hybridized carbons (Fsp3) is 0.0400. The SMILES string of the molecule is N#Cc1ccccc1COc1ccc(/C=C2/C(=O)NC(=O)N(c3ccc(Br)cc3)C2=O)cc1. The second-order valence-corrected chi connectivity index (χ2v) is 7.98. The molecule has 0 bridgehead atoms. The molecule has 8 heteroatoms. The van der Waals surface area contributed by atoms with Gasteiger partial charge in [0.1, 0.15) is 17.9 Å². The smallest absolute Gasteiger partial charge is 0.335 e. The highest BCUT2D eigenvalue weighted by Crippen LogP contribution is 2.24. The van der Waals surface area contributed by atoms with Crippen LogP contribution in [0, 0.1) is 11.3 Å². The van der Waals surface area contributed by atoms with Gasteiger partial charge in [0.05, 0.1) is 17.3 Å². The monoisotopic (exact) mass is 501 g/mol. The molecule has 162 valence electrons. The summed E-state index contributed by atoms with van der Waals surface area (Å²) in [7, 11) is 0. The van der Waals surface area contributed by atoms with Crippen molar-refractivity contribution in [1.29, 1.82) is 5.26 Å². The van der Waals surface area contributed by atoms with Crippen LogP contribution in [-0.4, -0.2) is 17.8 Å². The molecule has 4 rings (SSSR count). The van der Waals surface area contributed by atoms with Crippen LogP contribution in [0.1, 0.15) is 16.7 Å². The molecule has 0 spiro atoms. The number of nitrogens with zero attached hydrogens (tertiary/aromatic N) is 2. The summed E-state index contributed by atoms with van der Waals surface area (Å²) >= 11 is 3.31. The second kappa shape index (κ2) is 9.51. The molecule has 3 aromatic rings. The second-order valence-electron chi connectivity index (χ2n) is 7.06. The maximum absolute atomic E-state index is 12.9. The van der Waals surface area contributed by atoms with E-state index in [-0.39, 0.29) is 12.2 Å². The number of amides is 4. The van der Waals surface area contributed by atoms with Crippen molar-refractivity contribution in [3.8, 4) is 11.8 Å². The highest BCUT2D eigenvalue weighted by atomic mass is 79.9. The van der Waals surface area contributed by atoms with E-state index in [1.165, 1.54) is 6.08 Å². The minimum absolute atomic E-state index is 0.158. The lowest BCUT2D eigenvalue weighted by Gasteiger charge is -2.26. The van der Waals surface area contributed by atoms with Crippen LogP contribution in [0.3, 0.4) is 0 Å². The molecule has 0 aliphatic carbocycles. The summed E-state index contributed by atoms with van der Waals surface area (Å²) in [6.07, 6.45) is 1.42. The van der Waals surface area contributed by atoms with Crippen molar-refractivity contribution >= 4 is 45.5 Å². The summed E-state index contributed by atoms with van der Waals surface area (Å²) < 4.78 is 6.54. The Bertz CT molecular complexity index is 1310. The normalized spacial score (nSPS) is 14.7. The van der Waals surface area contributed by atoms with Crippen molar-refractivity contribution in [1.82, 2.24) is 5.32 Å². The van der Waals surface area contributed by atoms with Gasteiger partial charge in [-0.1, -0.05) is 46.3 Å². The number of halogens is 1. The minimum Gasteiger partial charge on any atom is -0.489 e. The molecule has 1 N–H and O–H groups in total. The van der Waals surface area contributed by atoms with Gasteiger partial charge in [-0.2, -0.15) is 5.26 Å². The highest BCUT2D eigenvalue weighted by Gasteiger charge is 2.36. The Labute approximate surface area is 198 Å². The molecule has 0 saturated carbocycles. The van der Waals surface area contributed by atoms with Crippen molar-refractivity contribution in [3.63, 3.8) is 0 Å². The maximum Gasteiger partial charge on any atom is 0.335 e. The number of anilines is 1. The van der Waals surface area contributed by atoms with Gasteiger partial charge in [0.25, 0.3) is 11.8 Å². The molecule has 1 saturated heterocycles. The van der Waals surface area contributed by atoms with Gasteiger partial charge in [-0.05, 0) is 54.1 Å². The summed E-state index contributed by atoms with van der Waals surface area (Å²) in [4.78, 5) is 38.5. The standard InChI is InChI=1S/C25H16BrN3O4/c26-19-7-9-20(10-8-19)29-24(31)22(23(30)28-25(29)32)13-16-5-11-21(12-6-16)33-15-18-4-2-1-3-17(18)14-27/h1-13H,15H2,(H,28,30,32)/b22-13-. The first kappa shape index (κ1) is 22.0. The van der Waals surface area contributed by atoms with Crippen LogP contribution in [0.4, 0.5) is 10.5 Å². The Balaban J connectivity index is 1.52. The van der Waals surface area contributed by atoms with Gasteiger partial charge in [-0.15, -0.1) is 0 Å². The molecule has 1 fully saturated rings. The lowest BCUT2D eigenvalue weighted by molar-refractivity contribution is -0.122. The lowest BCUT2D eigenvalue weighted by atomic mass is 10.1. The number of imide groups is 2. The first-order valence-corrected chi connectivity index (χ1v) is 10.6. The third-order valence-corrected chi connectivity index (χ3v) is 5.44. The Hall–Kier alpha value is -4.22. The van der Waals surface area contributed by atoms with Gasteiger partial charge in [0.2, 0.25) is 0 Å². The molecule has 0 atom stereocenters. The predicted octanol–water partition coefficient (Wildman–Crippen LogP) is 4.57. The Morgan fingerprint density at radius 1 is 0.970 bits per heavy atom. The zero-order valence-corrected chi connectivity index (χ0v) is 18.7. The number of benzene rings is 3. The molecule has 33 heavy (non-hydrogen) atoms. The number of ether oxygens (including phenoxy) is 1. The van der Waals surface area contributed by atoms with E-state index in [9.17, 15) is 19.6 Å². The third-order valence-electron chi connectivity index (χ3n) is 4.91. The van der Waals surface area contributed by atoms with Crippen LogP contribution in [0.25, 0.3) is 6.08 Å². The van der Waals surface area contributed by atoms with Crippen molar-refractivity contribution in [2.45, 2.75) is 6.61 Å². The lowest BCUT2D eigenvalue weighted by Crippen LogP contribution is -2.54. The summed E-state index contributed by atoms with van der Waals surface area (Å²) in [5.74, 6) is -0.901. The number of nitriles is 1. The average molecular weight is 502 g/mol. The molecule has 0 radical (unpaired) electrons. The number of rotatable bonds is 5. The molecular weight excluding hydrogens is 486 g/mol. The molecule has 1 aliphatic heterocycles. The van der Waals surface area contributed by atoms with E-state index in [0.717, 1.165) is 14.9 Å². The Morgan fingerprint density at radius 3 is 2.36 bits per heavy atom. The van der Waals surface area contributed by atoms with Crippen LogP contribution in [0.2, 0.25) is 0 Å². The quantitative estimate of drug-likeness (QED) is 0.407. The van der Waals surface area contributed by atoms with E-state index < -0.39 is 17.8 Å². The minimum atomic E-state index is -0.800. The van der Waals surface area contributed by atoms with E-state index in [1.54, 1.807) is 60.7 Å². The van der Waals surface area contributed by atoms with E-state index >= 15 is 0 Å². The number of nitrogens with one attached hydrogen (secondary N) is 1. The molecule has 4 amide bonds. The first-order valence-electron chi connectivity index (χ1n) is 9.84. The Morgan fingerprint density at radius 2 is 1.67 bits per heavy atom. The topological polar surface area (TPSA) is 99.5 Å². The fourth-order valence-corrected chi connectivity index (χ4v) is 3.49. The van der Waals surface area contributed by atoms with E-state index in [1.807, 2.05) is 12.1 Å². The number of carbonyl (C=O) groups excluding carboxylic acids is 3. The highest BCUT2D eigenvalue weighted by molar-refractivity contribution is 9.10. The number of urea groups is 1. The number of barbiturate groups is 1. The van der Waals surface area contributed by atoms with Crippen molar-refractivity contribution in [3.05, 3.63) is 99.5 Å². The average Bonchev–Trinajstić information content (AvgIpc) is 2.82. The zero-order valence-electron chi connectivity index (χ0n) is 17.1. The van der Waals surface area contributed by atoms with Crippen molar-refractivity contribution in [2.24, 2.45) is 0 Å². The summed E-state index contributed by atoms with van der Waals surface area (Å²) in [6, 6.07) is 21.9. The van der Waals surface area contributed by atoms with E-state index in [4.69, 9.17) is 4.74 Å². The Kier molecular flexibility index (Phi) is 6.33. The van der Waals surface area contributed by atoms with Crippen LogP contribution in [0.5, 0.6) is 5.75 Å². The number of carbonyl (C=O) groups is 3. The molecular formula is C25H16BrN3O4. The molecule has 0 aromatic heterocycles. The van der Waals surface area contributed by atoms with Gasteiger partial charge >= 0.3 is 6.03 Å². The predicted molar refractivity (Wildman–Crippen MR) is 125 cm³/mol. The van der Waals surface area contributed by atoms with Gasteiger partial charge in [-0.3, -0.25) is 14.9 Å². The van der Waals surface area contributed by atoms with Gasteiger partial charge < -0.3 is 4.74 Å². The van der Waals surface area contributed by atoms with E-state index in [2.05, 4.69) is 27.3 Å². The van der Waals surface area contributed by atoms with Crippen LogP contribution in [0.15, 0.2) is 82.8 Å². The molecule has 1 heterocycles. The van der Waals surface area contributed by atoms with Crippen molar-refractivity contribution in [2.75, 3.05) is 4.90 Å². The third kappa shape index (κ3) is 4.84. The first-order chi connectivity index (χ1) is 16.0. The van der Waals surface area contributed by atoms with Crippen LogP contribution < -0.4 is 15.0 Å². The van der Waals surface area contributed by atoms with Crippen LogP contribution in [-0.2, 0) is 16.2 Å². The van der Waals surface area contributed by atoms with Crippen molar-refractivity contribution < 1.29 is 19.1 Å². The number of hydrogen-bond donors (Lipinski definition) is 1.